The molecule has 0 bridgehead atoms. The van der Waals surface area contributed by atoms with Crippen molar-refractivity contribution in [2.75, 3.05) is 0 Å². The minimum Gasteiger partial charge on any atom is -0.428 e. The van der Waals surface area contributed by atoms with Gasteiger partial charge in [0.2, 0.25) is 0 Å². The van der Waals surface area contributed by atoms with E-state index in [1.165, 1.54) is 0 Å². The van der Waals surface area contributed by atoms with E-state index in [2.05, 4.69) is 9.97 Å². The number of aryl methyl sites for hydroxylation is 1. The summed E-state index contributed by atoms with van der Waals surface area (Å²) in [4.78, 5) is 18.7. The molecule has 0 amide bonds. The summed E-state index contributed by atoms with van der Waals surface area (Å²) >= 11 is 0. The number of para-hydroxylation sites is 1. The highest BCUT2D eigenvalue weighted by Crippen LogP contribution is 2.29. The predicted molar refractivity (Wildman–Crippen MR) is 58.9 cm³/mol. The van der Waals surface area contributed by atoms with Crippen molar-refractivity contribution in [2.45, 2.75) is 6.92 Å². The van der Waals surface area contributed by atoms with Crippen LogP contribution in [0.1, 0.15) is 5.56 Å². The summed E-state index contributed by atoms with van der Waals surface area (Å²) in [5, 5.41) is 0. The molecule has 1 aromatic heterocycles. The van der Waals surface area contributed by atoms with Gasteiger partial charge in [-0.2, -0.15) is 0 Å². The Balaban J connectivity index is 2.56. The molecule has 2 rings (SSSR count). The number of nitrogens with zero attached hydrogens (tertiary/aromatic N) is 2. The molecule has 0 unspecified atom stereocenters. The van der Waals surface area contributed by atoms with Gasteiger partial charge < -0.3 is 4.74 Å². The quantitative estimate of drug-likeness (QED) is 0.733. The van der Waals surface area contributed by atoms with Crippen LogP contribution in [-0.4, -0.2) is 16.4 Å². The zero-order valence-electron chi connectivity index (χ0n) is 8.75. The smallest absolute Gasteiger partial charge is 0.298 e. The average Bonchev–Trinajstić information content (AvgIpc) is 2.33. The zero-order valence-corrected chi connectivity index (χ0v) is 8.75. The van der Waals surface area contributed by atoms with Crippen LogP contribution in [-0.2, 0) is 4.79 Å². The molecule has 2 aromatic rings. The van der Waals surface area contributed by atoms with Gasteiger partial charge in [0, 0.05) is 12.4 Å². The number of rotatable bonds is 3. The fraction of sp³-hybridized carbons (Fsp3) is 0.0833. The van der Waals surface area contributed by atoms with Crippen LogP contribution < -0.4 is 4.74 Å². The molecule has 16 heavy (non-hydrogen) atoms. The molecule has 80 valence electrons. The van der Waals surface area contributed by atoms with Crippen molar-refractivity contribution >= 4 is 6.47 Å². The van der Waals surface area contributed by atoms with Crippen molar-refractivity contribution in [1.29, 1.82) is 0 Å². The van der Waals surface area contributed by atoms with Gasteiger partial charge in [0.1, 0.15) is 5.75 Å². The van der Waals surface area contributed by atoms with E-state index in [1.54, 1.807) is 18.5 Å². The lowest BCUT2D eigenvalue weighted by Crippen LogP contribution is -1.96. The van der Waals surface area contributed by atoms with E-state index in [-0.39, 0.29) is 0 Å². The fourth-order valence-corrected chi connectivity index (χ4v) is 1.47. The Kier molecular flexibility index (Phi) is 2.91. The first-order valence-electron chi connectivity index (χ1n) is 4.80. The second-order valence-corrected chi connectivity index (χ2v) is 3.24. The van der Waals surface area contributed by atoms with Gasteiger partial charge in [-0.05, 0) is 24.6 Å². The molecule has 0 N–H and O–H groups in total. The largest absolute Gasteiger partial charge is 0.428 e. The Bertz CT molecular complexity index is 498. The van der Waals surface area contributed by atoms with Gasteiger partial charge in [0.15, 0.2) is 5.82 Å². The van der Waals surface area contributed by atoms with E-state index >= 15 is 0 Å². The molecule has 0 spiro atoms. The Hall–Kier alpha value is -2.23. The normalized spacial score (nSPS) is 9.81. The van der Waals surface area contributed by atoms with Crippen LogP contribution in [0.15, 0.2) is 36.7 Å². The Labute approximate surface area is 92.9 Å². The van der Waals surface area contributed by atoms with Gasteiger partial charge in [-0.15, -0.1) is 0 Å². The zero-order chi connectivity index (χ0) is 11.4. The summed E-state index contributed by atoms with van der Waals surface area (Å²) in [6.45, 7) is 2.28. The number of hydrogen-bond acceptors (Lipinski definition) is 4. The molecule has 4 nitrogen and oxygen atoms in total. The number of carbonyl (C=O) groups is 1. The summed E-state index contributed by atoms with van der Waals surface area (Å²) in [5.74, 6) is 1.05. The fourth-order valence-electron chi connectivity index (χ4n) is 1.47. The van der Waals surface area contributed by atoms with Crippen molar-refractivity contribution < 1.29 is 9.53 Å². The van der Waals surface area contributed by atoms with Crippen LogP contribution in [0.5, 0.6) is 5.75 Å². The van der Waals surface area contributed by atoms with Gasteiger partial charge in [0.25, 0.3) is 6.47 Å². The van der Waals surface area contributed by atoms with Crippen LogP contribution in [0.4, 0.5) is 0 Å². The molecule has 1 aromatic carbocycles. The highest BCUT2D eigenvalue weighted by atomic mass is 16.5. The van der Waals surface area contributed by atoms with Crippen LogP contribution in [0, 0.1) is 6.92 Å². The van der Waals surface area contributed by atoms with Gasteiger partial charge in [-0.3, -0.25) is 4.79 Å². The van der Waals surface area contributed by atoms with Crippen molar-refractivity contribution in [3.05, 3.63) is 42.2 Å². The molecule has 4 heteroatoms. The number of benzene rings is 1. The Morgan fingerprint density at radius 3 is 2.62 bits per heavy atom. The third-order valence-electron chi connectivity index (χ3n) is 2.18. The molecular weight excluding hydrogens is 204 g/mol. The molecule has 0 fully saturated rings. The van der Waals surface area contributed by atoms with Crippen LogP contribution in [0.25, 0.3) is 11.4 Å². The SMILES string of the molecule is Cc1cccc(-c2ncccn2)c1OC=O. The molecule has 0 aliphatic rings. The maximum absolute atomic E-state index is 10.4. The van der Waals surface area contributed by atoms with E-state index in [0.29, 0.717) is 23.6 Å². The highest BCUT2D eigenvalue weighted by Gasteiger charge is 2.10. The first kappa shape index (κ1) is 10.3. The lowest BCUT2D eigenvalue weighted by molar-refractivity contribution is -0.120. The summed E-state index contributed by atoms with van der Waals surface area (Å²) in [7, 11) is 0. The van der Waals surface area contributed by atoms with E-state index in [9.17, 15) is 4.79 Å². The minimum absolute atomic E-state index is 0.411. The first-order valence-corrected chi connectivity index (χ1v) is 4.80. The Morgan fingerprint density at radius 2 is 1.94 bits per heavy atom. The first-order chi connectivity index (χ1) is 7.83. The summed E-state index contributed by atoms with van der Waals surface area (Å²) < 4.78 is 4.96. The number of carbonyl (C=O) groups excluding carboxylic acids is 1. The van der Waals surface area contributed by atoms with Gasteiger partial charge >= 0.3 is 0 Å². The standard InChI is InChI=1S/C12H10N2O2/c1-9-4-2-5-10(11(9)16-8-15)12-13-6-3-7-14-12/h2-8H,1H3. The van der Waals surface area contributed by atoms with E-state index in [0.717, 1.165) is 5.56 Å². The number of aromatic nitrogens is 2. The lowest BCUT2D eigenvalue weighted by atomic mass is 10.1. The van der Waals surface area contributed by atoms with Crippen LogP contribution in [0.3, 0.4) is 0 Å². The topological polar surface area (TPSA) is 52.1 Å². The highest BCUT2D eigenvalue weighted by molar-refractivity contribution is 5.68. The molecule has 0 atom stereocenters. The second kappa shape index (κ2) is 4.53. The third kappa shape index (κ3) is 1.91. The lowest BCUT2D eigenvalue weighted by Gasteiger charge is -2.08. The van der Waals surface area contributed by atoms with Crippen molar-refractivity contribution in [1.82, 2.24) is 9.97 Å². The minimum atomic E-state index is 0.411. The maximum Gasteiger partial charge on any atom is 0.298 e. The Morgan fingerprint density at radius 1 is 1.19 bits per heavy atom. The molecule has 0 saturated heterocycles. The summed E-state index contributed by atoms with van der Waals surface area (Å²) in [6, 6.07) is 7.30. The van der Waals surface area contributed by atoms with Gasteiger partial charge in [-0.25, -0.2) is 9.97 Å². The molecule has 1 heterocycles. The van der Waals surface area contributed by atoms with E-state index in [1.807, 2.05) is 25.1 Å². The monoisotopic (exact) mass is 214 g/mol. The second-order valence-electron chi connectivity index (χ2n) is 3.24. The molecule has 0 radical (unpaired) electrons. The van der Waals surface area contributed by atoms with E-state index < -0.39 is 0 Å². The van der Waals surface area contributed by atoms with E-state index in [4.69, 9.17) is 4.74 Å². The van der Waals surface area contributed by atoms with Crippen molar-refractivity contribution in [3.8, 4) is 17.1 Å². The van der Waals surface area contributed by atoms with Crippen molar-refractivity contribution in [3.63, 3.8) is 0 Å². The third-order valence-corrected chi connectivity index (χ3v) is 2.18. The molecular formula is C12H10N2O2. The van der Waals surface area contributed by atoms with Gasteiger partial charge in [0.05, 0.1) is 5.56 Å². The number of hydrogen-bond donors (Lipinski definition) is 0. The van der Waals surface area contributed by atoms with Crippen LogP contribution >= 0.6 is 0 Å². The molecule has 0 aliphatic carbocycles. The summed E-state index contributed by atoms with van der Waals surface area (Å²) in [5.41, 5.74) is 1.59. The maximum atomic E-state index is 10.4. The van der Waals surface area contributed by atoms with Gasteiger partial charge in [-0.1, -0.05) is 12.1 Å². The average molecular weight is 214 g/mol. The molecule has 0 aliphatic heterocycles. The molecule has 0 saturated carbocycles. The predicted octanol–water partition coefficient (Wildman–Crippen LogP) is 1.99. The number of ether oxygens (including phenoxy) is 1. The summed E-state index contributed by atoms with van der Waals surface area (Å²) in [6.07, 6.45) is 3.30. The van der Waals surface area contributed by atoms with Crippen molar-refractivity contribution in [2.24, 2.45) is 0 Å². The van der Waals surface area contributed by atoms with Crippen LogP contribution in [0.2, 0.25) is 0 Å².